The zero-order valence-corrected chi connectivity index (χ0v) is 7.60. The number of fused-ring (bicyclic) bond motifs is 3. The SMILES string of the molecule is c1ccc2c3c(ccc2c1)SON3. The third kappa shape index (κ3) is 1.01. The maximum atomic E-state index is 5.09. The Morgan fingerprint density at radius 1 is 1.08 bits per heavy atom. The predicted molar refractivity (Wildman–Crippen MR) is 54.5 cm³/mol. The van der Waals surface area contributed by atoms with Crippen molar-refractivity contribution >= 4 is 28.5 Å². The summed E-state index contributed by atoms with van der Waals surface area (Å²) in [7, 11) is 0. The lowest BCUT2D eigenvalue weighted by molar-refractivity contribution is 0.492. The van der Waals surface area contributed by atoms with Gasteiger partial charge in [-0.2, -0.15) is 4.28 Å². The van der Waals surface area contributed by atoms with Gasteiger partial charge in [0.2, 0.25) is 0 Å². The van der Waals surface area contributed by atoms with E-state index < -0.39 is 0 Å². The molecule has 2 aromatic rings. The Labute approximate surface area is 80.1 Å². The maximum absolute atomic E-state index is 5.09. The van der Waals surface area contributed by atoms with Gasteiger partial charge < -0.3 is 0 Å². The summed E-state index contributed by atoms with van der Waals surface area (Å²) in [5.41, 5.74) is 3.99. The fourth-order valence-corrected chi connectivity index (χ4v) is 2.11. The lowest BCUT2D eigenvalue weighted by Crippen LogP contribution is -1.86. The summed E-state index contributed by atoms with van der Waals surface area (Å²) in [6, 6.07) is 12.4. The smallest absolute Gasteiger partial charge is 0.0854 e. The van der Waals surface area contributed by atoms with Gasteiger partial charge in [-0.15, -0.1) is 0 Å². The molecule has 64 valence electrons. The van der Waals surface area contributed by atoms with E-state index in [1.54, 1.807) is 0 Å². The van der Waals surface area contributed by atoms with Crippen LogP contribution in [0.5, 0.6) is 0 Å². The van der Waals surface area contributed by atoms with Crippen LogP contribution in [0.3, 0.4) is 0 Å². The minimum atomic E-state index is 1.09. The first kappa shape index (κ1) is 7.24. The first-order valence-corrected chi connectivity index (χ1v) is 4.80. The molecular weight excluding hydrogens is 182 g/mol. The second-order valence-electron chi connectivity index (χ2n) is 2.93. The zero-order valence-electron chi connectivity index (χ0n) is 6.78. The van der Waals surface area contributed by atoms with Crippen LogP contribution in [0.4, 0.5) is 5.69 Å². The molecule has 0 aliphatic carbocycles. The summed E-state index contributed by atoms with van der Waals surface area (Å²) in [6.07, 6.45) is 0. The van der Waals surface area contributed by atoms with E-state index in [4.69, 9.17) is 4.28 Å². The standard InChI is InChI=1S/C10H7NOS/c1-2-4-8-7(3-1)5-6-9-10(8)11-12-13-9/h1-6,11H. The molecule has 1 aliphatic heterocycles. The van der Waals surface area contributed by atoms with Crippen molar-refractivity contribution in [2.75, 3.05) is 5.48 Å². The number of hydrogen-bond acceptors (Lipinski definition) is 3. The highest BCUT2D eigenvalue weighted by atomic mass is 32.2. The van der Waals surface area contributed by atoms with Crippen LogP contribution >= 0.6 is 12.0 Å². The van der Waals surface area contributed by atoms with Crippen molar-refractivity contribution in [1.82, 2.24) is 0 Å². The zero-order chi connectivity index (χ0) is 8.67. The third-order valence-electron chi connectivity index (χ3n) is 2.17. The second-order valence-corrected chi connectivity index (χ2v) is 3.70. The molecule has 0 aromatic heterocycles. The molecular formula is C10H7NOS. The van der Waals surface area contributed by atoms with Gasteiger partial charge in [-0.3, -0.25) is 5.48 Å². The summed E-state index contributed by atoms with van der Waals surface area (Å²) in [4.78, 5) is 1.15. The van der Waals surface area contributed by atoms with Crippen LogP contribution in [0.2, 0.25) is 0 Å². The van der Waals surface area contributed by atoms with Crippen LogP contribution in [0.1, 0.15) is 0 Å². The number of rotatable bonds is 0. The van der Waals surface area contributed by atoms with E-state index >= 15 is 0 Å². The predicted octanol–water partition coefficient (Wildman–Crippen LogP) is 3.20. The minimum absolute atomic E-state index is 1.09. The minimum Gasteiger partial charge on any atom is -0.252 e. The quantitative estimate of drug-likeness (QED) is 0.643. The number of benzene rings is 2. The van der Waals surface area contributed by atoms with Crippen LogP contribution in [0.15, 0.2) is 41.3 Å². The normalized spacial score (nSPS) is 14.2. The average molecular weight is 189 g/mol. The van der Waals surface area contributed by atoms with E-state index in [-0.39, 0.29) is 0 Å². The molecule has 0 spiro atoms. The Bertz CT molecular complexity index is 469. The van der Waals surface area contributed by atoms with E-state index in [1.807, 2.05) is 12.1 Å². The Kier molecular flexibility index (Phi) is 1.48. The van der Waals surface area contributed by atoms with Crippen molar-refractivity contribution in [2.45, 2.75) is 4.90 Å². The van der Waals surface area contributed by atoms with Gasteiger partial charge in [-0.1, -0.05) is 30.3 Å². The summed E-state index contributed by atoms with van der Waals surface area (Å²) in [5, 5.41) is 2.45. The van der Waals surface area contributed by atoms with E-state index in [2.05, 4.69) is 29.7 Å². The molecule has 0 saturated heterocycles. The van der Waals surface area contributed by atoms with Crippen molar-refractivity contribution in [3.63, 3.8) is 0 Å². The topological polar surface area (TPSA) is 21.3 Å². The molecule has 1 heterocycles. The lowest BCUT2D eigenvalue weighted by atomic mass is 10.1. The van der Waals surface area contributed by atoms with Crippen LogP contribution in [-0.2, 0) is 4.28 Å². The number of nitrogens with one attached hydrogen (secondary N) is 1. The van der Waals surface area contributed by atoms with Crippen molar-refractivity contribution in [2.24, 2.45) is 0 Å². The molecule has 3 rings (SSSR count). The van der Waals surface area contributed by atoms with Gasteiger partial charge >= 0.3 is 0 Å². The first-order valence-electron chi connectivity index (χ1n) is 4.06. The van der Waals surface area contributed by atoms with Crippen LogP contribution in [-0.4, -0.2) is 0 Å². The molecule has 13 heavy (non-hydrogen) atoms. The van der Waals surface area contributed by atoms with E-state index in [1.165, 1.54) is 22.8 Å². The second kappa shape index (κ2) is 2.65. The van der Waals surface area contributed by atoms with Gasteiger partial charge in [-0.25, -0.2) is 0 Å². The average Bonchev–Trinajstić information content (AvgIpc) is 2.65. The van der Waals surface area contributed by atoms with Gasteiger partial charge in [0.15, 0.2) is 0 Å². The van der Waals surface area contributed by atoms with Gasteiger partial charge in [0.05, 0.1) is 22.6 Å². The Balaban J connectivity index is 2.43. The van der Waals surface area contributed by atoms with E-state index in [0.29, 0.717) is 0 Å². The number of anilines is 1. The molecule has 1 aliphatic rings. The molecule has 0 amide bonds. The van der Waals surface area contributed by atoms with Crippen molar-refractivity contribution in [1.29, 1.82) is 0 Å². The van der Waals surface area contributed by atoms with Gasteiger partial charge in [-0.05, 0) is 11.5 Å². The molecule has 1 N–H and O–H groups in total. The molecule has 0 saturated carbocycles. The fraction of sp³-hybridized carbons (Fsp3) is 0. The van der Waals surface area contributed by atoms with Crippen molar-refractivity contribution in [3.05, 3.63) is 36.4 Å². The molecule has 0 fully saturated rings. The van der Waals surface area contributed by atoms with Crippen molar-refractivity contribution < 1.29 is 4.28 Å². The maximum Gasteiger partial charge on any atom is 0.0854 e. The Morgan fingerprint density at radius 2 is 2.00 bits per heavy atom. The van der Waals surface area contributed by atoms with Gasteiger partial charge in [0, 0.05) is 5.39 Å². The molecule has 2 nitrogen and oxygen atoms in total. The van der Waals surface area contributed by atoms with Crippen molar-refractivity contribution in [3.8, 4) is 0 Å². The number of hydrogen-bond donors (Lipinski definition) is 1. The summed E-state index contributed by atoms with van der Waals surface area (Å²) in [6.45, 7) is 0. The molecule has 2 aromatic carbocycles. The highest BCUT2D eigenvalue weighted by Crippen LogP contribution is 2.39. The van der Waals surface area contributed by atoms with Crippen LogP contribution in [0.25, 0.3) is 10.8 Å². The largest absolute Gasteiger partial charge is 0.252 e. The van der Waals surface area contributed by atoms with Crippen LogP contribution in [0, 0.1) is 0 Å². The third-order valence-corrected chi connectivity index (χ3v) is 2.85. The van der Waals surface area contributed by atoms with Gasteiger partial charge in [0.25, 0.3) is 0 Å². The van der Waals surface area contributed by atoms with E-state index in [9.17, 15) is 0 Å². The Morgan fingerprint density at radius 3 is 3.00 bits per heavy atom. The molecule has 0 atom stereocenters. The highest BCUT2D eigenvalue weighted by Gasteiger charge is 2.14. The van der Waals surface area contributed by atoms with Crippen LogP contribution < -0.4 is 5.48 Å². The fourth-order valence-electron chi connectivity index (χ4n) is 1.53. The monoisotopic (exact) mass is 189 g/mol. The summed E-state index contributed by atoms with van der Waals surface area (Å²) < 4.78 is 5.09. The molecule has 0 bridgehead atoms. The highest BCUT2D eigenvalue weighted by molar-refractivity contribution is 7.95. The molecule has 3 heteroatoms. The Hall–Kier alpha value is -1.19. The summed E-state index contributed by atoms with van der Waals surface area (Å²) in [5.74, 6) is 0. The van der Waals surface area contributed by atoms with Gasteiger partial charge in [0.1, 0.15) is 0 Å². The molecule has 0 unspecified atom stereocenters. The molecule has 0 radical (unpaired) electrons. The summed E-state index contributed by atoms with van der Waals surface area (Å²) >= 11 is 1.37. The lowest BCUT2D eigenvalue weighted by Gasteiger charge is -2.01. The first-order chi connectivity index (χ1) is 6.45. The van der Waals surface area contributed by atoms with E-state index in [0.717, 1.165) is 10.6 Å².